The molecule has 0 unspecified atom stereocenters. The Balaban J connectivity index is 1.53. The summed E-state index contributed by atoms with van der Waals surface area (Å²) >= 11 is 0. The Morgan fingerprint density at radius 1 is 0.568 bits per heavy atom. The molecule has 0 radical (unpaired) electrons. The third-order valence-corrected chi connectivity index (χ3v) is 12.9. The maximum Gasteiger partial charge on any atom is 0.196 e. The molecule has 2 aromatic heterocycles. The van der Waals surface area contributed by atoms with Crippen molar-refractivity contribution in [3.63, 3.8) is 0 Å². The number of hydrogen-bond acceptors (Lipinski definition) is 2. The zero-order chi connectivity index (χ0) is 29.5. The first-order chi connectivity index (χ1) is 21.7. The Kier molecular flexibility index (Phi) is 6.47. The lowest BCUT2D eigenvalue weighted by Crippen LogP contribution is -2.41. The van der Waals surface area contributed by atoms with Crippen LogP contribution in [0.2, 0.25) is 0 Å². The van der Waals surface area contributed by atoms with Gasteiger partial charge in [0.1, 0.15) is 16.4 Å². The first-order valence-electron chi connectivity index (χ1n) is 14.8. The Hall–Kier alpha value is -5.24. The topological polar surface area (TPSA) is 31.0 Å². The Labute approximate surface area is 257 Å². The molecule has 0 spiro atoms. The maximum atomic E-state index is 7.13. The molecule has 0 fully saturated rings. The molecule has 0 saturated carbocycles. The molecule has 8 aromatic rings. The van der Waals surface area contributed by atoms with E-state index in [9.17, 15) is 0 Å². The van der Waals surface area contributed by atoms with Gasteiger partial charge in [-0.25, -0.2) is 4.68 Å². The Morgan fingerprint density at radius 3 is 1.77 bits per heavy atom. The summed E-state index contributed by atoms with van der Waals surface area (Å²) in [5.41, 5.74) is 3.31. The van der Waals surface area contributed by atoms with Crippen LogP contribution in [0.25, 0.3) is 44.2 Å². The van der Waals surface area contributed by atoms with E-state index < -0.39 is 7.26 Å². The van der Waals surface area contributed by atoms with Crippen LogP contribution in [0.15, 0.2) is 168 Å². The summed E-state index contributed by atoms with van der Waals surface area (Å²) in [4.78, 5) is 0. The van der Waals surface area contributed by atoms with Crippen LogP contribution in [0.4, 0.5) is 0 Å². The van der Waals surface area contributed by atoms with E-state index >= 15 is 0 Å². The number of aromatic nitrogens is 2. The SMILES string of the molecule is Cn1nccc1[P+](c1ccccc1)(c1ccccc1)c1cc(-c2cc3ccccc3c3ccccc23)oc1-c1ccccc1. The summed E-state index contributed by atoms with van der Waals surface area (Å²) in [6.07, 6.45) is 1.91. The lowest BCUT2D eigenvalue weighted by Gasteiger charge is -2.26. The zero-order valence-electron chi connectivity index (χ0n) is 24.3. The van der Waals surface area contributed by atoms with Crippen LogP contribution >= 0.6 is 7.26 Å². The molecule has 2 heterocycles. The Morgan fingerprint density at radius 2 is 1.14 bits per heavy atom. The second-order valence-corrected chi connectivity index (χ2v) is 14.4. The van der Waals surface area contributed by atoms with E-state index in [0.717, 1.165) is 22.6 Å². The van der Waals surface area contributed by atoms with Gasteiger partial charge in [0.05, 0.1) is 6.20 Å². The molecule has 4 heteroatoms. The van der Waals surface area contributed by atoms with Gasteiger partial charge in [0, 0.05) is 30.3 Å². The van der Waals surface area contributed by atoms with Gasteiger partial charge in [0.2, 0.25) is 0 Å². The van der Waals surface area contributed by atoms with Gasteiger partial charge in [-0.3, -0.25) is 0 Å². The number of hydrogen-bond donors (Lipinski definition) is 0. The molecule has 0 amide bonds. The lowest BCUT2D eigenvalue weighted by molar-refractivity contribution is 0.599. The molecule has 6 aromatic carbocycles. The minimum absolute atomic E-state index is 0.860. The van der Waals surface area contributed by atoms with Crippen molar-refractivity contribution in [1.29, 1.82) is 0 Å². The van der Waals surface area contributed by atoms with Gasteiger partial charge in [-0.2, -0.15) is 5.10 Å². The molecule has 44 heavy (non-hydrogen) atoms. The van der Waals surface area contributed by atoms with Crippen LogP contribution < -0.4 is 21.3 Å². The van der Waals surface area contributed by atoms with Crippen molar-refractivity contribution < 1.29 is 4.42 Å². The highest BCUT2D eigenvalue weighted by atomic mass is 31.2. The molecule has 3 nitrogen and oxygen atoms in total. The van der Waals surface area contributed by atoms with Crippen LogP contribution in [-0.4, -0.2) is 9.78 Å². The van der Waals surface area contributed by atoms with Gasteiger partial charge in [0.15, 0.2) is 23.8 Å². The fourth-order valence-electron chi connectivity index (χ4n) is 6.63. The molecule has 0 saturated heterocycles. The van der Waals surface area contributed by atoms with E-state index in [1.54, 1.807) is 0 Å². The van der Waals surface area contributed by atoms with E-state index in [-0.39, 0.29) is 0 Å². The first kappa shape index (κ1) is 26.4. The molecule has 0 atom stereocenters. The third kappa shape index (κ3) is 4.12. The summed E-state index contributed by atoms with van der Waals surface area (Å²) in [6.45, 7) is 0. The van der Waals surface area contributed by atoms with Crippen molar-refractivity contribution in [2.24, 2.45) is 7.05 Å². The first-order valence-corrected chi connectivity index (χ1v) is 16.6. The fourth-order valence-corrected chi connectivity index (χ4v) is 11.1. The zero-order valence-corrected chi connectivity index (χ0v) is 25.2. The predicted octanol–water partition coefficient (Wildman–Crippen LogP) is 8.27. The number of aryl methyl sites for hydroxylation is 1. The van der Waals surface area contributed by atoms with Gasteiger partial charge in [-0.15, -0.1) is 0 Å². The quantitative estimate of drug-likeness (QED) is 0.145. The minimum Gasteiger partial charge on any atom is -0.452 e. The molecule has 0 aliphatic carbocycles. The second kappa shape index (κ2) is 10.8. The van der Waals surface area contributed by atoms with E-state index in [1.165, 1.54) is 42.9 Å². The smallest absolute Gasteiger partial charge is 0.196 e. The van der Waals surface area contributed by atoms with Gasteiger partial charge in [0.25, 0.3) is 0 Å². The van der Waals surface area contributed by atoms with Gasteiger partial charge < -0.3 is 4.42 Å². The van der Waals surface area contributed by atoms with Crippen LogP contribution in [0.1, 0.15) is 0 Å². The predicted molar refractivity (Wildman–Crippen MR) is 186 cm³/mol. The maximum absolute atomic E-state index is 7.13. The monoisotopic (exact) mass is 585 g/mol. The van der Waals surface area contributed by atoms with Crippen LogP contribution in [0, 0.1) is 0 Å². The van der Waals surface area contributed by atoms with Gasteiger partial charge in [-0.1, -0.05) is 115 Å². The van der Waals surface area contributed by atoms with Crippen molar-refractivity contribution in [2.45, 2.75) is 0 Å². The van der Waals surface area contributed by atoms with E-state index in [2.05, 4.69) is 165 Å². The highest BCUT2D eigenvalue weighted by molar-refractivity contribution is 8.01. The molecular formula is C40H30N2OP+. The Bertz CT molecular complexity index is 2200. The highest BCUT2D eigenvalue weighted by Gasteiger charge is 2.53. The second-order valence-electron chi connectivity index (χ2n) is 11.0. The van der Waals surface area contributed by atoms with Crippen molar-refractivity contribution >= 4 is 50.2 Å². The average Bonchev–Trinajstić information content (AvgIpc) is 3.74. The molecule has 8 rings (SSSR count). The molecule has 0 bridgehead atoms. The summed E-state index contributed by atoms with van der Waals surface area (Å²) < 4.78 is 9.17. The minimum atomic E-state index is -2.50. The molecule has 0 aliphatic heterocycles. The number of fused-ring (bicyclic) bond motifs is 3. The molecule has 210 valence electrons. The average molecular weight is 586 g/mol. The number of rotatable bonds is 6. The normalized spacial score (nSPS) is 11.8. The van der Waals surface area contributed by atoms with E-state index in [1.807, 2.05) is 10.9 Å². The standard InChI is InChI=1S/C40H30N2OP/c1-42-39(25-26-41-42)44(31-18-7-3-8-19-31,32-20-9-4-10-21-32)38-28-37(43-40(38)29-15-5-2-6-16-29)36-27-30-17-11-12-22-33(30)34-23-13-14-24-35(34)36/h2-28H,1H3/q+1. The number of benzene rings is 6. The number of furan rings is 1. The van der Waals surface area contributed by atoms with Crippen molar-refractivity contribution in [2.75, 3.05) is 0 Å². The van der Waals surface area contributed by atoms with Crippen molar-refractivity contribution in [3.8, 4) is 22.6 Å². The van der Waals surface area contributed by atoms with Gasteiger partial charge >= 0.3 is 0 Å². The van der Waals surface area contributed by atoms with Crippen molar-refractivity contribution in [1.82, 2.24) is 9.78 Å². The highest BCUT2D eigenvalue weighted by Crippen LogP contribution is 2.57. The summed E-state index contributed by atoms with van der Waals surface area (Å²) in [5.74, 6) is 1.75. The van der Waals surface area contributed by atoms with E-state index in [4.69, 9.17) is 9.52 Å². The third-order valence-electron chi connectivity index (χ3n) is 8.57. The van der Waals surface area contributed by atoms with E-state index in [0.29, 0.717) is 0 Å². The summed E-state index contributed by atoms with van der Waals surface area (Å²) in [5, 5.41) is 13.2. The van der Waals surface area contributed by atoms with Crippen LogP contribution in [0.3, 0.4) is 0 Å². The van der Waals surface area contributed by atoms with Crippen LogP contribution in [0.5, 0.6) is 0 Å². The van der Waals surface area contributed by atoms with Crippen molar-refractivity contribution in [3.05, 3.63) is 164 Å². The molecular weight excluding hydrogens is 555 g/mol. The number of nitrogens with zero attached hydrogens (tertiary/aromatic N) is 2. The fraction of sp³-hybridized carbons (Fsp3) is 0.0250. The molecule has 0 aliphatic rings. The largest absolute Gasteiger partial charge is 0.452 e. The molecule has 0 N–H and O–H groups in total. The summed E-state index contributed by atoms with van der Waals surface area (Å²) in [6, 6.07) is 56.4. The van der Waals surface area contributed by atoms with Gasteiger partial charge in [-0.05, 0) is 51.9 Å². The van der Waals surface area contributed by atoms with Crippen LogP contribution in [-0.2, 0) is 7.05 Å². The lowest BCUT2D eigenvalue weighted by atomic mass is 9.96. The summed E-state index contributed by atoms with van der Waals surface area (Å²) in [7, 11) is -0.448.